The van der Waals surface area contributed by atoms with Gasteiger partial charge >= 0.3 is 0 Å². The average molecular weight is 400 g/mol. The van der Waals surface area contributed by atoms with Crippen molar-refractivity contribution < 1.29 is 4.74 Å². The predicted molar refractivity (Wildman–Crippen MR) is 97.0 cm³/mol. The summed E-state index contributed by atoms with van der Waals surface area (Å²) in [5.41, 5.74) is 7.95. The van der Waals surface area contributed by atoms with Gasteiger partial charge in [0.2, 0.25) is 0 Å². The van der Waals surface area contributed by atoms with Crippen LogP contribution in [0.5, 0.6) is 0 Å². The lowest BCUT2D eigenvalue weighted by atomic mass is 10.1. The molecule has 0 radical (unpaired) electrons. The maximum absolute atomic E-state index is 5.86. The lowest BCUT2D eigenvalue weighted by molar-refractivity contribution is 0.179. The second-order valence-corrected chi connectivity index (χ2v) is 4.69. The van der Waals surface area contributed by atoms with E-state index in [2.05, 4.69) is 15.3 Å². The van der Waals surface area contributed by atoms with Crippen LogP contribution in [0.25, 0.3) is 10.9 Å². The van der Waals surface area contributed by atoms with Gasteiger partial charge in [-0.05, 0) is 24.6 Å². The molecular weight excluding hydrogens is 379 g/mol. The summed E-state index contributed by atoms with van der Waals surface area (Å²) in [5.74, 6) is 0.426. The minimum atomic E-state index is 0. The topological polar surface area (TPSA) is 72.5 Å². The molecule has 0 aliphatic heterocycles. The summed E-state index contributed by atoms with van der Waals surface area (Å²) in [6.07, 6.45) is 1.80. The largest absolute Gasteiger partial charge is 0.383 e. The number of nitrogens with one attached hydrogen (secondary N) is 1. The third-order valence-electron chi connectivity index (χ3n) is 2.97. The summed E-state index contributed by atoms with van der Waals surface area (Å²) in [6.45, 7) is 3.11. The van der Waals surface area contributed by atoms with Gasteiger partial charge in [-0.15, -0.1) is 24.0 Å². The Morgan fingerprint density at radius 3 is 2.90 bits per heavy atom. The van der Waals surface area contributed by atoms with Crippen molar-refractivity contribution in [2.24, 2.45) is 10.7 Å². The Hall–Kier alpha value is -1.41. The van der Waals surface area contributed by atoms with Crippen molar-refractivity contribution in [1.29, 1.82) is 0 Å². The van der Waals surface area contributed by atoms with Crippen LogP contribution in [0.1, 0.15) is 12.5 Å². The van der Waals surface area contributed by atoms with E-state index in [9.17, 15) is 0 Å². The van der Waals surface area contributed by atoms with Gasteiger partial charge in [0, 0.05) is 24.7 Å². The van der Waals surface area contributed by atoms with Gasteiger partial charge in [0.05, 0.1) is 18.7 Å². The van der Waals surface area contributed by atoms with Crippen LogP contribution in [0, 0.1) is 0 Å². The van der Waals surface area contributed by atoms with Crippen molar-refractivity contribution in [1.82, 2.24) is 10.3 Å². The maximum atomic E-state index is 5.86. The molecule has 1 aromatic carbocycles. The molecular formula is C15H21IN4O. The van der Waals surface area contributed by atoms with Gasteiger partial charge in [-0.3, -0.25) is 4.98 Å². The molecule has 6 heteroatoms. The Morgan fingerprint density at radius 1 is 1.38 bits per heavy atom. The molecule has 114 valence electrons. The minimum absolute atomic E-state index is 0. The number of methoxy groups -OCH3 is 1. The zero-order valence-electron chi connectivity index (χ0n) is 12.2. The lowest BCUT2D eigenvalue weighted by Gasteiger charge is -2.13. The first-order chi connectivity index (χ1) is 9.70. The SMILES string of the molecule is COCC(C)NC(N)=NCc1ccnc2ccccc12.I. The molecule has 0 saturated carbocycles. The van der Waals surface area contributed by atoms with Crippen LogP contribution in [0.15, 0.2) is 41.5 Å². The Balaban J connectivity index is 0.00000220. The minimum Gasteiger partial charge on any atom is -0.383 e. The molecule has 0 aliphatic rings. The molecule has 0 fully saturated rings. The number of halogens is 1. The van der Waals surface area contributed by atoms with E-state index in [1.165, 1.54) is 0 Å². The Kier molecular flexibility index (Phi) is 7.38. The van der Waals surface area contributed by atoms with Crippen LogP contribution in [-0.4, -0.2) is 30.7 Å². The van der Waals surface area contributed by atoms with Crippen molar-refractivity contribution in [2.45, 2.75) is 19.5 Å². The highest BCUT2D eigenvalue weighted by Gasteiger charge is 2.03. The molecule has 0 amide bonds. The zero-order valence-corrected chi connectivity index (χ0v) is 14.6. The fourth-order valence-corrected chi connectivity index (χ4v) is 2.05. The van der Waals surface area contributed by atoms with Crippen molar-refractivity contribution in [2.75, 3.05) is 13.7 Å². The van der Waals surface area contributed by atoms with Crippen molar-refractivity contribution in [3.8, 4) is 0 Å². The zero-order chi connectivity index (χ0) is 14.4. The van der Waals surface area contributed by atoms with Gasteiger partial charge in [-0.2, -0.15) is 0 Å². The lowest BCUT2D eigenvalue weighted by Crippen LogP contribution is -2.40. The number of benzene rings is 1. The van der Waals surface area contributed by atoms with Gasteiger partial charge in [0.15, 0.2) is 5.96 Å². The molecule has 0 saturated heterocycles. The van der Waals surface area contributed by atoms with E-state index in [1.807, 2.05) is 37.3 Å². The molecule has 0 spiro atoms. The van der Waals surface area contributed by atoms with E-state index >= 15 is 0 Å². The quantitative estimate of drug-likeness (QED) is 0.459. The molecule has 3 N–H and O–H groups in total. The Morgan fingerprint density at radius 2 is 2.14 bits per heavy atom. The first kappa shape index (κ1) is 17.6. The highest BCUT2D eigenvalue weighted by molar-refractivity contribution is 14.0. The van der Waals surface area contributed by atoms with E-state index in [0.717, 1.165) is 16.5 Å². The summed E-state index contributed by atoms with van der Waals surface area (Å²) in [7, 11) is 1.66. The first-order valence-electron chi connectivity index (χ1n) is 6.58. The van der Waals surface area contributed by atoms with Crippen LogP contribution < -0.4 is 11.1 Å². The standard InChI is InChI=1S/C15H20N4O.HI/c1-11(10-20-2)19-15(16)18-9-12-7-8-17-14-6-4-3-5-13(12)14;/h3-8,11H,9-10H2,1-2H3,(H3,16,18,19);1H. The number of hydrogen-bond donors (Lipinski definition) is 2. The van der Waals surface area contributed by atoms with Gasteiger partial charge in [0.25, 0.3) is 0 Å². The number of para-hydroxylation sites is 1. The van der Waals surface area contributed by atoms with Gasteiger partial charge < -0.3 is 15.8 Å². The number of nitrogens with two attached hydrogens (primary N) is 1. The van der Waals surface area contributed by atoms with Crippen molar-refractivity contribution in [3.63, 3.8) is 0 Å². The number of pyridine rings is 1. The number of fused-ring (bicyclic) bond motifs is 1. The average Bonchev–Trinajstić information content (AvgIpc) is 2.45. The monoisotopic (exact) mass is 400 g/mol. The third-order valence-corrected chi connectivity index (χ3v) is 2.97. The van der Waals surface area contributed by atoms with Crippen LogP contribution in [0.2, 0.25) is 0 Å². The molecule has 0 bridgehead atoms. The predicted octanol–water partition coefficient (Wildman–Crippen LogP) is 2.29. The molecule has 1 heterocycles. The van der Waals surface area contributed by atoms with Crippen LogP contribution in [-0.2, 0) is 11.3 Å². The fourth-order valence-electron chi connectivity index (χ4n) is 2.05. The normalized spacial score (nSPS) is 12.8. The maximum Gasteiger partial charge on any atom is 0.189 e. The van der Waals surface area contributed by atoms with E-state index in [-0.39, 0.29) is 30.0 Å². The van der Waals surface area contributed by atoms with E-state index < -0.39 is 0 Å². The summed E-state index contributed by atoms with van der Waals surface area (Å²) in [6, 6.07) is 10.1. The highest BCUT2D eigenvalue weighted by Crippen LogP contribution is 2.16. The molecule has 1 atom stereocenters. The Labute approximate surface area is 142 Å². The van der Waals surface area contributed by atoms with Crippen molar-refractivity contribution in [3.05, 3.63) is 42.1 Å². The van der Waals surface area contributed by atoms with Crippen LogP contribution >= 0.6 is 24.0 Å². The van der Waals surface area contributed by atoms with Crippen LogP contribution in [0.3, 0.4) is 0 Å². The van der Waals surface area contributed by atoms with E-state index in [4.69, 9.17) is 10.5 Å². The molecule has 5 nitrogen and oxygen atoms in total. The van der Waals surface area contributed by atoms with E-state index in [0.29, 0.717) is 19.1 Å². The second-order valence-electron chi connectivity index (χ2n) is 4.69. The Bertz CT molecular complexity index is 598. The summed E-state index contributed by atoms with van der Waals surface area (Å²) >= 11 is 0. The van der Waals surface area contributed by atoms with Gasteiger partial charge in [0.1, 0.15) is 0 Å². The van der Waals surface area contributed by atoms with Gasteiger partial charge in [-0.1, -0.05) is 18.2 Å². The third kappa shape index (κ3) is 5.13. The number of hydrogen-bond acceptors (Lipinski definition) is 3. The number of aliphatic imine (C=N–C) groups is 1. The number of aromatic nitrogens is 1. The smallest absolute Gasteiger partial charge is 0.189 e. The number of nitrogens with zero attached hydrogens (tertiary/aromatic N) is 2. The molecule has 0 aliphatic carbocycles. The molecule has 2 rings (SSSR count). The second kappa shape index (κ2) is 8.78. The number of ether oxygens (including phenoxy) is 1. The number of rotatable bonds is 5. The van der Waals surface area contributed by atoms with Gasteiger partial charge in [-0.25, -0.2) is 4.99 Å². The molecule has 1 unspecified atom stereocenters. The molecule has 21 heavy (non-hydrogen) atoms. The molecule has 2 aromatic rings. The number of guanidine groups is 1. The van der Waals surface area contributed by atoms with Crippen molar-refractivity contribution >= 4 is 40.8 Å². The first-order valence-corrected chi connectivity index (χ1v) is 6.58. The highest BCUT2D eigenvalue weighted by atomic mass is 127. The summed E-state index contributed by atoms with van der Waals surface area (Å²) < 4.78 is 5.04. The summed E-state index contributed by atoms with van der Waals surface area (Å²) in [5, 5.41) is 4.19. The molecule has 1 aromatic heterocycles. The summed E-state index contributed by atoms with van der Waals surface area (Å²) in [4.78, 5) is 8.70. The fraction of sp³-hybridized carbons (Fsp3) is 0.333. The van der Waals surface area contributed by atoms with Crippen LogP contribution in [0.4, 0.5) is 0 Å². The van der Waals surface area contributed by atoms with E-state index in [1.54, 1.807) is 13.3 Å².